The number of para-hydroxylation sites is 1. The van der Waals surface area contributed by atoms with Crippen molar-refractivity contribution in [3.63, 3.8) is 0 Å². The highest BCUT2D eigenvalue weighted by molar-refractivity contribution is 7.26. The molecule has 0 aliphatic rings. The molecule has 0 saturated carbocycles. The van der Waals surface area contributed by atoms with Gasteiger partial charge in [0, 0.05) is 44.2 Å². The second kappa shape index (κ2) is 13.3. The van der Waals surface area contributed by atoms with Gasteiger partial charge in [0.15, 0.2) is 0 Å². The minimum atomic E-state index is 0.664. The molecule has 0 saturated heterocycles. The van der Waals surface area contributed by atoms with Crippen molar-refractivity contribution < 1.29 is 4.42 Å². The van der Waals surface area contributed by atoms with Crippen molar-refractivity contribution >= 4 is 53.7 Å². The Morgan fingerprint density at radius 1 is 0.339 bits per heavy atom. The molecule has 0 amide bonds. The van der Waals surface area contributed by atoms with Crippen molar-refractivity contribution in [3.8, 4) is 66.8 Å². The lowest BCUT2D eigenvalue weighted by molar-refractivity contribution is 0.655. The minimum absolute atomic E-state index is 0.664. The van der Waals surface area contributed by atoms with Crippen LogP contribution in [0.15, 0.2) is 199 Å². The van der Waals surface area contributed by atoms with Crippen LogP contribution in [0.5, 0.6) is 0 Å². The Kier molecular flexibility index (Phi) is 7.68. The summed E-state index contributed by atoms with van der Waals surface area (Å²) in [5.74, 6) is 0. The molecular weight excluding hydrogens is 701 g/mol. The van der Waals surface area contributed by atoms with Crippen molar-refractivity contribution in [1.82, 2.24) is 9.97 Å². The molecule has 0 radical (unpaired) electrons. The number of hydrogen-bond donors (Lipinski definition) is 0. The molecule has 0 atom stereocenters. The smallest absolute Gasteiger partial charge is 0.227 e. The molecule has 56 heavy (non-hydrogen) atoms. The van der Waals surface area contributed by atoms with Crippen LogP contribution in [0.2, 0.25) is 0 Å². The first-order valence-corrected chi connectivity index (χ1v) is 19.6. The molecule has 4 heteroatoms. The fourth-order valence-corrected chi connectivity index (χ4v) is 9.27. The maximum absolute atomic E-state index is 6.27. The maximum Gasteiger partial charge on any atom is 0.227 e. The quantitative estimate of drug-likeness (QED) is 0.171. The molecular formula is C52H32N2OS. The number of pyridine rings is 2. The van der Waals surface area contributed by atoms with Gasteiger partial charge in [-0.1, -0.05) is 127 Å². The fraction of sp³-hybridized carbons (Fsp3) is 0. The summed E-state index contributed by atoms with van der Waals surface area (Å²) in [4.78, 5) is 10.2. The van der Waals surface area contributed by atoms with Gasteiger partial charge in [0.05, 0.1) is 0 Å². The van der Waals surface area contributed by atoms with E-state index in [2.05, 4.69) is 180 Å². The molecule has 0 fully saturated rings. The van der Waals surface area contributed by atoms with Crippen molar-refractivity contribution in [2.75, 3.05) is 0 Å². The summed E-state index contributed by atoms with van der Waals surface area (Å²) in [5.41, 5.74) is 15.6. The van der Waals surface area contributed by atoms with Gasteiger partial charge in [0.25, 0.3) is 0 Å². The summed E-state index contributed by atoms with van der Waals surface area (Å²) in [6, 6.07) is 65.3. The lowest BCUT2D eigenvalue weighted by atomic mass is 9.93. The highest BCUT2D eigenvalue weighted by Crippen LogP contribution is 2.41. The third kappa shape index (κ3) is 5.58. The average molecular weight is 733 g/mol. The van der Waals surface area contributed by atoms with Gasteiger partial charge in [-0.3, -0.25) is 0 Å². The Bertz CT molecular complexity index is 3070. The molecule has 4 aromatic heterocycles. The number of benzene rings is 7. The lowest BCUT2D eigenvalue weighted by Gasteiger charge is -2.11. The average Bonchev–Trinajstić information content (AvgIpc) is 3.86. The minimum Gasteiger partial charge on any atom is -0.437 e. The van der Waals surface area contributed by atoms with Crippen LogP contribution >= 0.6 is 11.3 Å². The Labute approximate surface area is 327 Å². The van der Waals surface area contributed by atoms with Crippen molar-refractivity contribution in [1.29, 1.82) is 0 Å². The standard InChI is InChI=1S/C52H32N2OS/c1-10-33(35-12-2-14-37(29-35)39-16-4-18-41(31-39)43-20-6-22-45-47-24-8-26-53-51(47)55-49(43)45)28-34(11-1)36-13-3-15-38(30-36)40-17-5-19-42(32-40)44-21-7-23-46-48-25-9-27-54-52(48)56-50(44)46/h1-32H. The molecule has 0 aliphatic heterocycles. The van der Waals surface area contributed by atoms with Crippen LogP contribution in [0.25, 0.3) is 109 Å². The molecule has 11 aromatic rings. The van der Waals surface area contributed by atoms with E-state index in [-0.39, 0.29) is 0 Å². The first kappa shape index (κ1) is 32.3. The normalized spacial score (nSPS) is 11.6. The first-order valence-electron chi connectivity index (χ1n) is 18.8. The van der Waals surface area contributed by atoms with Gasteiger partial charge in [0.2, 0.25) is 5.71 Å². The van der Waals surface area contributed by atoms with Gasteiger partial charge < -0.3 is 4.42 Å². The van der Waals surface area contributed by atoms with E-state index in [0.717, 1.165) is 43.4 Å². The summed E-state index contributed by atoms with van der Waals surface area (Å²) in [5, 5.41) is 4.59. The number of nitrogens with zero attached hydrogens (tertiary/aromatic N) is 2. The molecule has 11 rings (SSSR count). The molecule has 7 aromatic carbocycles. The third-order valence-corrected chi connectivity index (χ3v) is 12.0. The van der Waals surface area contributed by atoms with E-state index in [1.807, 2.05) is 18.3 Å². The highest BCUT2D eigenvalue weighted by Gasteiger charge is 2.15. The Hall–Kier alpha value is -7.14. The Morgan fingerprint density at radius 2 is 0.750 bits per heavy atom. The maximum atomic E-state index is 6.27. The fourth-order valence-electron chi connectivity index (χ4n) is 8.09. The highest BCUT2D eigenvalue weighted by atomic mass is 32.1. The van der Waals surface area contributed by atoms with Crippen LogP contribution < -0.4 is 0 Å². The molecule has 262 valence electrons. The number of aromatic nitrogens is 2. The van der Waals surface area contributed by atoms with E-state index in [0.29, 0.717) is 5.71 Å². The predicted octanol–water partition coefficient (Wildman–Crippen LogP) is 14.7. The Balaban J connectivity index is 0.907. The van der Waals surface area contributed by atoms with Crippen LogP contribution in [0.1, 0.15) is 0 Å². The second-order valence-corrected chi connectivity index (χ2v) is 15.2. The monoisotopic (exact) mass is 732 g/mol. The van der Waals surface area contributed by atoms with Crippen LogP contribution in [0, 0.1) is 0 Å². The van der Waals surface area contributed by atoms with E-state index in [4.69, 9.17) is 4.42 Å². The number of hydrogen-bond acceptors (Lipinski definition) is 4. The number of thiophene rings is 1. The summed E-state index contributed by atoms with van der Waals surface area (Å²) < 4.78 is 7.55. The molecule has 0 aliphatic carbocycles. The van der Waals surface area contributed by atoms with Crippen LogP contribution in [0.4, 0.5) is 0 Å². The SMILES string of the molecule is c1cc(-c2cccc(-c3cccc(-c4cccc5c4oc4ncccc45)c3)c2)cc(-c2cccc(-c3cccc(-c4cccc5c4sc4ncccc45)c3)c2)c1. The van der Waals surface area contributed by atoms with Crippen LogP contribution in [0.3, 0.4) is 0 Å². The van der Waals surface area contributed by atoms with Gasteiger partial charge in [-0.05, 0) is 116 Å². The van der Waals surface area contributed by atoms with Gasteiger partial charge in [-0.25, -0.2) is 9.97 Å². The molecule has 3 nitrogen and oxygen atoms in total. The summed E-state index contributed by atoms with van der Waals surface area (Å²) in [6.45, 7) is 0. The molecule has 4 heterocycles. The van der Waals surface area contributed by atoms with E-state index in [9.17, 15) is 0 Å². The van der Waals surface area contributed by atoms with Crippen molar-refractivity contribution in [2.24, 2.45) is 0 Å². The predicted molar refractivity (Wildman–Crippen MR) is 235 cm³/mol. The number of fused-ring (bicyclic) bond motifs is 6. The zero-order valence-corrected chi connectivity index (χ0v) is 31.0. The molecule has 0 N–H and O–H groups in total. The van der Waals surface area contributed by atoms with E-state index in [1.54, 1.807) is 17.5 Å². The largest absolute Gasteiger partial charge is 0.437 e. The van der Waals surface area contributed by atoms with Crippen molar-refractivity contribution in [3.05, 3.63) is 194 Å². The lowest BCUT2D eigenvalue weighted by Crippen LogP contribution is -1.86. The Morgan fingerprint density at radius 3 is 1.32 bits per heavy atom. The first-order chi connectivity index (χ1) is 27.7. The van der Waals surface area contributed by atoms with Gasteiger partial charge in [-0.2, -0.15) is 0 Å². The number of rotatable bonds is 6. The molecule has 0 unspecified atom stereocenters. The zero-order valence-electron chi connectivity index (χ0n) is 30.2. The topological polar surface area (TPSA) is 38.9 Å². The number of furan rings is 1. The second-order valence-electron chi connectivity index (χ2n) is 14.2. The van der Waals surface area contributed by atoms with E-state index < -0.39 is 0 Å². The summed E-state index contributed by atoms with van der Waals surface area (Å²) in [7, 11) is 0. The summed E-state index contributed by atoms with van der Waals surface area (Å²) in [6.07, 6.45) is 3.65. The van der Waals surface area contributed by atoms with Gasteiger partial charge in [-0.15, -0.1) is 11.3 Å². The van der Waals surface area contributed by atoms with Gasteiger partial charge >= 0.3 is 0 Å². The molecule has 0 spiro atoms. The zero-order chi connectivity index (χ0) is 37.0. The van der Waals surface area contributed by atoms with Crippen molar-refractivity contribution in [2.45, 2.75) is 0 Å². The van der Waals surface area contributed by atoms with Crippen LogP contribution in [-0.4, -0.2) is 9.97 Å². The van der Waals surface area contributed by atoms with E-state index >= 15 is 0 Å². The van der Waals surface area contributed by atoms with E-state index in [1.165, 1.54) is 60.0 Å². The summed E-state index contributed by atoms with van der Waals surface area (Å²) >= 11 is 1.77. The van der Waals surface area contributed by atoms with Gasteiger partial charge in [0.1, 0.15) is 10.4 Å². The third-order valence-electron chi connectivity index (χ3n) is 10.8. The van der Waals surface area contributed by atoms with Crippen LogP contribution in [-0.2, 0) is 0 Å². The molecule has 0 bridgehead atoms.